The van der Waals surface area contributed by atoms with Crippen molar-refractivity contribution in [3.8, 4) is 0 Å². The summed E-state index contributed by atoms with van der Waals surface area (Å²) in [5.41, 5.74) is 0.643. The fourth-order valence-electron chi connectivity index (χ4n) is 1.18. The number of benzene rings is 1. The van der Waals surface area contributed by atoms with Gasteiger partial charge in [0.2, 0.25) is 5.91 Å². The quantitative estimate of drug-likeness (QED) is 0.799. The number of urea groups is 1. The number of rotatable bonds is 3. The zero-order chi connectivity index (χ0) is 13.7. The van der Waals surface area contributed by atoms with Crippen LogP contribution in [-0.2, 0) is 4.79 Å². The second kappa shape index (κ2) is 6.47. The molecular formula is C11H13Cl2N3O2. The summed E-state index contributed by atoms with van der Waals surface area (Å²) >= 11 is 11.6. The molecule has 0 aliphatic rings. The van der Waals surface area contributed by atoms with Gasteiger partial charge in [0.25, 0.3) is 0 Å². The van der Waals surface area contributed by atoms with E-state index in [1.165, 1.54) is 7.05 Å². The summed E-state index contributed by atoms with van der Waals surface area (Å²) in [6.07, 6.45) is 0. The van der Waals surface area contributed by atoms with Crippen LogP contribution in [0.3, 0.4) is 0 Å². The Morgan fingerprint density at radius 2 is 1.89 bits per heavy atom. The molecule has 7 heteroatoms. The summed E-state index contributed by atoms with van der Waals surface area (Å²) < 4.78 is 0. The molecule has 0 saturated carbocycles. The average Bonchev–Trinajstić information content (AvgIpc) is 2.33. The summed E-state index contributed by atoms with van der Waals surface area (Å²) in [6, 6.07) is 3.78. The Hall–Kier alpha value is -1.46. The molecule has 98 valence electrons. The molecule has 0 bridgehead atoms. The second-order valence-corrected chi connectivity index (χ2v) is 4.38. The number of imide groups is 1. The molecule has 0 fully saturated rings. The lowest BCUT2D eigenvalue weighted by Crippen LogP contribution is -2.44. The molecule has 1 unspecified atom stereocenters. The minimum atomic E-state index is -0.584. The van der Waals surface area contributed by atoms with Gasteiger partial charge < -0.3 is 10.6 Å². The van der Waals surface area contributed by atoms with Crippen molar-refractivity contribution in [1.29, 1.82) is 0 Å². The standard InChI is InChI=1S/C11H13Cl2N3O2/c1-6(10(17)16-11(18)14-2)15-7-3-4-8(12)9(13)5-7/h3-6,15H,1-2H3,(H2,14,16,17,18). The lowest BCUT2D eigenvalue weighted by molar-refractivity contribution is -0.120. The summed E-state index contributed by atoms with van der Waals surface area (Å²) in [4.78, 5) is 22.5. The van der Waals surface area contributed by atoms with Crippen molar-refractivity contribution in [2.24, 2.45) is 0 Å². The molecule has 0 saturated heterocycles. The van der Waals surface area contributed by atoms with Gasteiger partial charge in [0.1, 0.15) is 6.04 Å². The molecule has 5 nitrogen and oxygen atoms in total. The normalized spacial score (nSPS) is 11.6. The first-order valence-corrected chi connectivity index (χ1v) is 5.93. The maximum absolute atomic E-state index is 11.6. The molecule has 0 radical (unpaired) electrons. The first kappa shape index (κ1) is 14.6. The number of halogens is 2. The molecule has 0 spiro atoms. The van der Waals surface area contributed by atoms with E-state index >= 15 is 0 Å². The van der Waals surface area contributed by atoms with Gasteiger partial charge in [0.05, 0.1) is 10.0 Å². The Morgan fingerprint density at radius 1 is 1.22 bits per heavy atom. The number of hydrogen-bond donors (Lipinski definition) is 3. The van der Waals surface area contributed by atoms with E-state index in [9.17, 15) is 9.59 Å². The zero-order valence-corrected chi connectivity index (χ0v) is 11.4. The van der Waals surface area contributed by atoms with Gasteiger partial charge in [-0.15, -0.1) is 0 Å². The molecule has 0 aliphatic heterocycles. The highest BCUT2D eigenvalue weighted by atomic mass is 35.5. The third-order valence-electron chi connectivity index (χ3n) is 2.16. The van der Waals surface area contributed by atoms with Gasteiger partial charge >= 0.3 is 6.03 Å². The van der Waals surface area contributed by atoms with Gasteiger partial charge in [0, 0.05) is 12.7 Å². The lowest BCUT2D eigenvalue weighted by atomic mass is 10.2. The van der Waals surface area contributed by atoms with Crippen molar-refractivity contribution < 1.29 is 9.59 Å². The molecule has 0 aromatic heterocycles. The predicted molar refractivity (Wildman–Crippen MR) is 72.1 cm³/mol. The predicted octanol–water partition coefficient (Wildman–Crippen LogP) is 2.25. The van der Waals surface area contributed by atoms with E-state index in [2.05, 4.69) is 16.0 Å². The molecule has 1 aromatic rings. The number of carbonyl (C=O) groups excluding carboxylic acids is 2. The molecule has 18 heavy (non-hydrogen) atoms. The van der Waals surface area contributed by atoms with Gasteiger partial charge in [-0.3, -0.25) is 10.1 Å². The highest BCUT2D eigenvalue weighted by Gasteiger charge is 2.15. The molecular weight excluding hydrogens is 277 g/mol. The third kappa shape index (κ3) is 4.09. The number of anilines is 1. The van der Waals surface area contributed by atoms with Crippen LogP contribution in [-0.4, -0.2) is 25.0 Å². The van der Waals surface area contributed by atoms with Crippen LogP contribution in [0.25, 0.3) is 0 Å². The van der Waals surface area contributed by atoms with Crippen LogP contribution in [0.15, 0.2) is 18.2 Å². The minimum Gasteiger partial charge on any atom is -0.374 e. The molecule has 1 atom stereocenters. The van der Waals surface area contributed by atoms with E-state index in [4.69, 9.17) is 23.2 Å². The third-order valence-corrected chi connectivity index (χ3v) is 2.90. The molecule has 1 rings (SSSR count). The molecule has 1 aromatic carbocycles. The first-order chi connectivity index (χ1) is 8.43. The zero-order valence-electron chi connectivity index (χ0n) is 9.88. The lowest BCUT2D eigenvalue weighted by Gasteiger charge is -2.14. The Morgan fingerprint density at radius 3 is 2.44 bits per heavy atom. The van der Waals surface area contributed by atoms with E-state index in [0.717, 1.165) is 0 Å². The van der Waals surface area contributed by atoms with Crippen molar-refractivity contribution in [3.63, 3.8) is 0 Å². The Bertz CT molecular complexity index is 466. The van der Waals surface area contributed by atoms with Crippen LogP contribution < -0.4 is 16.0 Å². The summed E-state index contributed by atoms with van der Waals surface area (Å²) in [6.45, 7) is 1.63. The van der Waals surface area contributed by atoms with Crippen LogP contribution >= 0.6 is 23.2 Å². The van der Waals surface area contributed by atoms with Gasteiger partial charge in [0.15, 0.2) is 0 Å². The Labute approximate surface area is 115 Å². The number of nitrogens with one attached hydrogen (secondary N) is 3. The fourth-order valence-corrected chi connectivity index (χ4v) is 1.48. The topological polar surface area (TPSA) is 70.2 Å². The Kier molecular flexibility index (Phi) is 5.25. The average molecular weight is 290 g/mol. The summed E-state index contributed by atoms with van der Waals surface area (Å²) in [7, 11) is 1.43. The van der Waals surface area contributed by atoms with Crippen LogP contribution in [0.4, 0.5) is 10.5 Å². The van der Waals surface area contributed by atoms with E-state index < -0.39 is 18.0 Å². The summed E-state index contributed by atoms with van der Waals surface area (Å²) in [5.74, 6) is -0.444. The largest absolute Gasteiger partial charge is 0.374 e. The van der Waals surface area contributed by atoms with Crippen molar-refractivity contribution in [2.45, 2.75) is 13.0 Å². The highest BCUT2D eigenvalue weighted by Crippen LogP contribution is 2.25. The van der Waals surface area contributed by atoms with Crippen molar-refractivity contribution in [2.75, 3.05) is 12.4 Å². The maximum atomic E-state index is 11.6. The fraction of sp³-hybridized carbons (Fsp3) is 0.273. The SMILES string of the molecule is CNC(=O)NC(=O)C(C)Nc1ccc(Cl)c(Cl)c1. The number of amides is 3. The highest BCUT2D eigenvalue weighted by molar-refractivity contribution is 6.42. The van der Waals surface area contributed by atoms with E-state index in [1.54, 1.807) is 25.1 Å². The van der Waals surface area contributed by atoms with Crippen LogP contribution in [0.5, 0.6) is 0 Å². The molecule has 0 aliphatic carbocycles. The Balaban J connectivity index is 2.63. The first-order valence-electron chi connectivity index (χ1n) is 5.18. The van der Waals surface area contributed by atoms with Crippen LogP contribution in [0, 0.1) is 0 Å². The minimum absolute atomic E-state index is 0.389. The van der Waals surface area contributed by atoms with E-state index in [-0.39, 0.29) is 0 Å². The van der Waals surface area contributed by atoms with Crippen LogP contribution in [0.1, 0.15) is 6.92 Å². The second-order valence-electron chi connectivity index (χ2n) is 3.56. The van der Waals surface area contributed by atoms with Crippen molar-refractivity contribution in [1.82, 2.24) is 10.6 Å². The maximum Gasteiger partial charge on any atom is 0.321 e. The van der Waals surface area contributed by atoms with Gasteiger partial charge in [-0.1, -0.05) is 23.2 Å². The van der Waals surface area contributed by atoms with Crippen LogP contribution in [0.2, 0.25) is 10.0 Å². The van der Waals surface area contributed by atoms with Gasteiger partial charge in [-0.25, -0.2) is 4.79 Å². The summed E-state index contributed by atoms with van der Waals surface area (Å²) in [5, 5.41) is 8.19. The van der Waals surface area contributed by atoms with Gasteiger partial charge in [-0.05, 0) is 25.1 Å². The molecule has 0 heterocycles. The van der Waals surface area contributed by atoms with Crippen molar-refractivity contribution >= 4 is 40.8 Å². The van der Waals surface area contributed by atoms with Gasteiger partial charge in [-0.2, -0.15) is 0 Å². The molecule has 3 amide bonds. The van der Waals surface area contributed by atoms with Crippen molar-refractivity contribution in [3.05, 3.63) is 28.2 Å². The monoisotopic (exact) mass is 289 g/mol. The molecule has 3 N–H and O–H groups in total. The van der Waals surface area contributed by atoms with E-state index in [1.807, 2.05) is 0 Å². The smallest absolute Gasteiger partial charge is 0.321 e. The van der Waals surface area contributed by atoms with E-state index in [0.29, 0.717) is 15.7 Å². The number of carbonyl (C=O) groups is 2. The number of hydrogen-bond acceptors (Lipinski definition) is 3.